The standard InChI is InChI=1S/C16H17NO3S/c1-2-11(16(19)20)8-14(18)9-13-10-21-15(17-13)12-6-4-3-5-7-12/h3-7,10-11H,2,8-9H2,1H3,(H,19,20). The Morgan fingerprint density at radius 2 is 2.00 bits per heavy atom. The predicted octanol–water partition coefficient (Wildman–Crippen LogP) is 3.42. The van der Waals surface area contributed by atoms with E-state index in [9.17, 15) is 9.59 Å². The average Bonchev–Trinajstić information content (AvgIpc) is 2.93. The minimum absolute atomic E-state index is 0.0734. The lowest BCUT2D eigenvalue weighted by atomic mass is 9.98. The van der Waals surface area contributed by atoms with E-state index in [0.717, 1.165) is 10.6 Å². The van der Waals surface area contributed by atoms with Crippen molar-refractivity contribution in [3.8, 4) is 10.6 Å². The zero-order chi connectivity index (χ0) is 15.2. The molecule has 0 aliphatic heterocycles. The van der Waals surface area contributed by atoms with Crippen molar-refractivity contribution in [2.75, 3.05) is 0 Å². The highest BCUT2D eigenvalue weighted by molar-refractivity contribution is 7.13. The summed E-state index contributed by atoms with van der Waals surface area (Å²) in [7, 11) is 0. The van der Waals surface area contributed by atoms with Crippen LogP contribution in [0.2, 0.25) is 0 Å². The minimum Gasteiger partial charge on any atom is -0.481 e. The summed E-state index contributed by atoms with van der Waals surface area (Å²) in [5, 5.41) is 11.7. The summed E-state index contributed by atoms with van der Waals surface area (Å²) in [5.74, 6) is -1.58. The Balaban J connectivity index is 1.99. The molecule has 110 valence electrons. The number of Topliss-reactive ketones (excluding diaryl/α,β-unsaturated/α-hetero) is 1. The first-order chi connectivity index (χ1) is 10.1. The van der Waals surface area contributed by atoms with Gasteiger partial charge in [0.05, 0.1) is 11.6 Å². The van der Waals surface area contributed by atoms with Gasteiger partial charge < -0.3 is 5.11 Å². The number of hydrogen-bond acceptors (Lipinski definition) is 4. The first-order valence-electron chi connectivity index (χ1n) is 6.84. The van der Waals surface area contributed by atoms with Crippen LogP contribution in [0.15, 0.2) is 35.7 Å². The molecule has 2 aromatic rings. The van der Waals surface area contributed by atoms with E-state index in [1.807, 2.05) is 35.7 Å². The minimum atomic E-state index is -0.908. The van der Waals surface area contributed by atoms with Crippen molar-refractivity contribution in [3.05, 3.63) is 41.4 Å². The molecule has 1 atom stereocenters. The monoisotopic (exact) mass is 303 g/mol. The van der Waals surface area contributed by atoms with Crippen LogP contribution in [0.25, 0.3) is 10.6 Å². The maximum absolute atomic E-state index is 11.9. The number of nitrogens with zero attached hydrogens (tertiary/aromatic N) is 1. The third kappa shape index (κ3) is 4.23. The van der Waals surface area contributed by atoms with E-state index in [4.69, 9.17) is 5.11 Å². The van der Waals surface area contributed by atoms with Crippen LogP contribution in [0.3, 0.4) is 0 Å². The number of carbonyl (C=O) groups excluding carboxylic acids is 1. The highest BCUT2D eigenvalue weighted by Crippen LogP contribution is 2.24. The van der Waals surface area contributed by atoms with Gasteiger partial charge in [-0.3, -0.25) is 9.59 Å². The molecule has 0 amide bonds. The fourth-order valence-electron chi connectivity index (χ4n) is 2.06. The zero-order valence-corrected chi connectivity index (χ0v) is 12.6. The summed E-state index contributed by atoms with van der Waals surface area (Å²) in [6.45, 7) is 1.78. The number of hydrogen-bond donors (Lipinski definition) is 1. The molecule has 0 fully saturated rings. The van der Waals surface area contributed by atoms with Crippen LogP contribution in [0, 0.1) is 5.92 Å². The third-order valence-corrected chi connectivity index (χ3v) is 4.21. The van der Waals surface area contributed by atoms with E-state index in [-0.39, 0.29) is 18.6 Å². The molecule has 0 aliphatic carbocycles. The number of carboxylic acids is 1. The van der Waals surface area contributed by atoms with Crippen LogP contribution in [0.4, 0.5) is 0 Å². The molecule has 1 heterocycles. The largest absolute Gasteiger partial charge is 0.481 e. The van der Waals surface area contributed by atoms with Crippen molar-refractivity contribution >= 4 is 23.1 Å². The number of thiazole rings is 1. The number of aliphatic carboxylic acids is 1. The molecule has 5 heteroatoms. The van der Waals surface area contributed by atoms with Gasteiger partial charge in [0, 0.05) is 23.8 Å². The topological polar surface area (TPSA) is 67.3 Å². The molecular weight excluding hydrogens is 286 g/mol. The maximum Gasteiger partial charge on any atom is 0.306 e. The molecule has 0 saturated carbocycles. The van der Waals surface area contributed by atoms with Crippen LogP contribution in [-0.4, -0.2) is 21.8 Å². The van der Waals surface area contributed by atoms with Crippen LogP contribution in [0.1, 0.15) is 25.5 Å². The van der Waals surface area contributed by atoms with Gasteiger partial charge in [-0.05, 0) is 6.42 Å². The summed E-state index contributed by atoms with van der Waals surface area (Å²) < 4.78 is 0. The van der Waals surface area contributed by atoms with Gasteiger partial charge in [-0.1, -0.05) is 37.3 Å². The summed E-state index contributed by atoms with van der Waals surface area (Å²) in [5.41, 5.74) is 1.74. The highest BCUT2D eigenvalue weighted by Gasteiger charge is 2.19. The summed E-state index contributed by atoms with van der Waals surface area (Å²) in [4.78, 5) is 27.3. The number of ketones is 1. The van der Waals surface area contributed by atoms with E-state index >= 15 is 0 Å². The smallest absolute Gasteiger partial charge is 0.306 e. The van der Waals surface area contributed by atoms with Crippen LogP contribution in [-0.2, 0) is 16.0 Å². The quantitative estimate of drug-likeness (QED) is 0.851. The summed E-state index contributed by atoms with van der Waals surface area (Å²) in [6.07, 6.45) is 0.741. The van der Waals surface area contributed by atoms with Gasteiger partial charge in [0.1, 0.15) is 10.8 Å². The van der Waals surface area contributed by atoms with Gasteiger partial charge in [-0.25, -0.2) is 4.98 Å². The lowest BCUT2D eigenvalue weighted by Gasteiger charge is -2.07. The Morgan fingerprint density at radius 3 is 2.62 bits per heavy atom. The van der Waals surface area contributed by atoms with Crippen molar-refractivity contribution in [1.29, 1.82) is 0 Å². The number of carbonyl (C=O) groups is 2. The Labute approximate surface area is 127 Å². The third-order valence-electron chi connectivity index (χ3n) is 3.27. The number of carboxylic acid groups (broad SMARTS) is 1. The van der Waals surface area contributed by atoms with Crippen molar-refractivity contribution < 1.29 is 14.7 Å². The fourth-order valence-corrected chi connectivity index (χ4v) is 2.88. The van der Waals surface area contributed by atoms with E-state index < -0.39 is 11.9 Å². The van der Waals surface area contributed by atoms with Crippen molar-refractivity contribution in [2.24, 2.45) is 5.92 Å². The van der Waals surface area contributed by atoms with Gasteiger partial charge in [0.25, 0.3) is 0 Å². The molecule has 1 unspecified atom stereocenters. The molecule has 0 aliphatic rings. The second-order valence-corrected chi connectivity index (χ2v) is 5.73. The van der Waals surface area contributed by atoms with Gasteiger partial charge >= 0.3 is 5.97 Å². The van der Waals surface area contributed by atoms with E-state index in [0.29, 0.717) is 12.1 Å². The molecule has 0 bridgehead atoms. The molecule has 4 nitrogen and oxygen atoms in total. The summed E-state index contributed by atoms with van der Waals surface area (Å²) >= 11 is 1.50. The molecule has 0 radical (unpaired) electrons. The summed E-state index contributed by atoms with van der Waals surface area (Å²) in [6, 6.07) is 9.78. The molecule has 0 saturated heterocycles. The molecular formula is C16H17NO3S. The van der Waals surface area contributed by atoms with Gasteiger partial charge in [0.2, 0.25) is 0 Å². The number of benzene rings is 1. The number of aromatic nitrogens is 1. The van der Waals surface area contributed by atoms with Crippen LogP contribution >= 0.6 is 11.3 Å². The maximum atomic E-state index is 11.9. The van der Waals surface area contributed by atoms with Gasteiger partial charge in [-0.15, -0.1) is 11.3 Å². The average molecular weight is 303 g/mol. The van der Waals surface area contributed by atoms with Crippen molar-refractivity contribution in [1.82, 2.24) is 4.98 Å². The second-order valence-electron chi connectivity index (χ2n) is 4.87. The van der Waals surface area contributed by atoms with Crippen LogP contribution in [0.5, 0.6) is 0 Å². The fraction of sp³-hybridized carbons (Fsp3) is 0.312. The molecule has 21 heavy (non-hydrogen) atoms. The first-order valence-corrected chi connectivity index (χ1v) is 7.72. The Morgan fingerprint density at radius 1 is 1.29 bits per heavy atom. The highest BCUT2D eigenvalue weighted by atomic mass is 32.1. The van der Waals surface area contributed by atoms with E-state index in [1.54, 1.807) is 6.92 Å². The number of rotatable bonds is 7. The molecule has 1 aromatic heterocycles. The Bertz CT molecular complexity index is 621. The second kappa shape index (κ2) is 7.13. The van der Waals surface area contributed by atoms with Crippen LogP contribution < -0.4 is 0 Å². The van der Waals surface area contributed by atoms with E-state index in [2.05, 4.69) is 4.98 Å². The van der Waals surface area contributed by atoms with Gasteiger partial charge in [-0.2, -0.15) is 0 Å². The molecule has 2 rings (SSSR count). The van der Waals surface area contributed by atoms with Crippen molar-refractivity contribution in [3.63, 3.8) is 0 Å². The Hall–Kier alpha value is -2.01. The lowest BCUT2D eigenvalue weighted by Crippen LogP contribution is -2.18. The zero-order valence-electron chi connectivity index (χ0n) is 11.8. The molecule has 1 N–H and O–H groups in total. The first kappa shape index (κ1) is 15.4. The SMILES string of the molecule is CCC(CC(=O)Cc1csc(-c2ccccc2)n1)C(=O)O. The van der Waals surface area contributed by atoms with E-state index in [1.165, 1.54) is 11.3 Å². The predicted molar refractivity (Wildman–Crippen MR) is 82.3 cm³/mol. The molecule has 1 aromatic carbocycles. The Kier molecular flexibility index (Phi) is 5.22. The normalized spacial score (nSPS) is 12.0. The molecule has 0 spiro atoms. The van der Waals surface area contributed by atoms with Crippen molar-refractivity contribution in [2.45, 2.75) is 26.2 Å². The lowest BCUT2D eigenvalue weighted by molar-refractivity contribution is -0.143. The van der Waals surface area contributed by atoms with Gasteiger partial charge in [0.15, 0.2) is 0 Å².